The second-order valence-electron chi connectivity index (χ2n) is 9.02. The van der Waals surface area contributed by atoms with E-state index in [4.69, 9.17) is 45.5 Å². The lowest BCUT2D eigenvalue weighted by molar-refractivity contribution is -0.116. The molecule has 1 amide bonds. The number of hydrogen-bond donors (Lipinski definition) is 2. The van der Waals surface area contributed by atoms with E-state index in [1.165, 1.54) is 0 Å². The SMILES string of the molecule is Cc1c(NCC(N)=O)c2cc(-c3ccc(Cl)cc3)c(-c3ccc(Cl)cc3Cl)nc2n(CC(C)C)c1=O. The molecule has 0 atom stereocenters. The van der Waals surface area contributed by atoms with E-state index in [1.807, 2.05) is 38.1 Å². The highest BCUT2D eigenvalue weighted by Crippen LogP contribution is 2.39. The molecular weight excluding hydrogens is 519 g/mol. The third-order valence-electron chi connectivity index (χ3n) is 5.80. The maximum atomic E-state index is 13.4. The monoisotopic (exact) mass is 542 g/mol. The minimum absolute atomic E-state index is 0.120. The summed E-state index contributed by atoms with van der Waals surface area (Å²) in [6, 6.07) is 14.6. The van der Waals surface area contributed by atoms with Gasteiger partial charge in [0.2, 0.25) is 5.91 Å². The number of aromatic nitrogens is 2. The first-order valence-corrected chi connectivity index (χ1v) is 12.5. The largest absolute Gasteiger partial charge is 0.375 e. The molecule has 0 saturated heterocycles. The van der Waals surface area contributed by atoms with Crippen molar-refractivity contribution in [3.05, 3.63) is 79.5 Å². The molecule has 0 bridgehead atoms. The van der Waals surface area contributed by atoms with Crippen LogP contribution in [0.3, 0.4) is 0 Å². The maximum absolute atomic E-state index is 13.4. The van der Waals surface area contributed by atoms with Gasteiger partial charge in [0.15, 0.2) is 0 Å². The van der Waals surface area contributed by atoms with Gasteiger partial charge < -0.3 is 11.1 Å². The fourth-order valence-electron chi connectivity index (χ4n) is 4.18. The summed E-state index contributed by atoms with van der Waals surface area (Å²) in [6.45, 7) is 6.14. The minimum Gasteiger partial charge on any atom is -0.375 e. The molecule has 0 radical (unpaired) electrons. The third kappa shape index (κ3) is 5.21. The highest BCUT2D eigenvalue weighted by atomic mass is 35.5. The number of nitrogens with one attached hydrogen (secondary N) is 1. The van der Waals surface area contributed by atoms with E-state index in [0.717, 1.165) is 11.1 Å². The van der Waals surface area contributed by atoms with Crippen LogP contribution in [0.15, 0.2) is 53.3 Å². The first-order valence-electron chi connectivity index (χ1n) is 11.4. The van der Waals surface area contributed by atoms with Gasteiger partial charge >= 0.3 is 0 Å². The smallest absolute Gasteiger partial charge is 0.257 e. The molecule has 36 heavy (non-hydrogen) atoms. The van der Waals surface area contributed by atoms with E-state index in [-0.39, 0.29) is 18.0 Å². The Balaban J connectivity index is 2.15. The number of carbonyl (C=O) groups is 1. The predicted molar refractivity (Wildman–Crippen MR) is 149 cm³/mol. The Morgan fingerprint density at radius 3 is 2.31 bits per heavy atom. The molecule has 0 aliphatic carbocycles. The summed E-state index contributed by atoms with van der Waals surface area (Å²) in [5, 5.41) is 5.27. The second kappa shape index (κ2) is 10.5. The van der Waals surface area contributed by atoms with E-state index in [1.54, 1.807) is 35.8 Å². The number of nitrogens with two attached hydrogens (primary N) is 1. The zero-order valence-electron chi connectivity index (χ0n) is 20.0. The Hall–Kier alpha value is -3.06. The summed E-state index contributed by atoms with van der Waals surface area (Å²) >= 11 is 18.9. The highest BCUT2D eigenvalue weighted by Gasteiger charge is 2.21. The molecule has 2 aromatic heterocycles. The molecule has 186 valence electrons. The fourth-order valence-corrected chi connectivity index (χ4v) is 4.80. The molecular formula is C27H25Cl3N4O2. The van der Waals surface area contributed by atoms with Crippen LogP contribution in [0, 0.1) is 12.8 Å². The van der Waals surface area contributed by atoms with Crippen LogP contribution in [0.25, 0.3) is 33.4 Å². The van der Waals surface area contributed by atoms with Crippen LogP contribution >= 0.6 is 34.8 Å². The van der Waals surface area contributed by atoms with Gasteiger partial charge in [0, 0.05) is 38.7 Å². The van der Waals surface area contributed by atoms with Crippen LogP contribution in [0.2, 0.25) is 15.1 Å². The number of fused-ring (bicyclic) bond motifs is 1. The van der Waals surface area contributed by atoms with Crippen LogP contribution in [-0.4, -0.2) is 22.0 Å². The molecule has 0 aliphatic heterocycles. The number of nitrogens with zero attached hydrogens (tertiary/aromatic N) is 2. The van der Waals surface area contributed by atoms with E-state index in [0.29, 0.717) is 55.2 Å². The van der Waals surface area contributed by atoms with Crippen molar-refractivity contribution in [1.29, 1.82) is 0 Å². The zero-order chi connectivity index (χ0) is 26.1. The van der Waals surface area contributed by atoms with Crippen LogP contribution in [0.1, 0.15) is 19.4 Å². The van der Waals surface area contributed by atoms with Crippen molar-refractivity contribution in [1.82, 2.24) is 9.55 Å². The number of amides is 1. The number of pyridine rings is 2. The number of primary amides is 1. The normalized spacial score (nSPS) is 11.3. The molecule has 2 aromatic carbocycles. The number of carbonyl (C=O) groups excluding carboxylic acids is 1. The Morgan fingerprint density at radius 1 is 1.03 bits per heavy atom. The lowest BCUT2D eigenvalue weighted by Crippen LogP contribution is -2.29. The molecule has 0 saturated carbocycles. The van der Waals surface area contributed by atoms with Crippen molar-refractivity contribution in [3.8, 4) is 22.4 Å². The molecule has 6 nitrogen and oxygen atoms in total. The van der Waals surface area contributed by atoms with Gasteiger partial charge in [-0.2, -0.15) is 0 Å². The Bertz CT molecular complexity index is 1530. The Kier molecular flexibility index (Phi) is 7.59. The molecule has 0 aliphatic rings. The summed E-state index contributed by atoms with van der Waals surface area (Å²) in [5.41, 5.74) is 9.57. The van der Waals surface area contributed by atoms with Gasteiger partial charge in [0.05, 0.1) is 22.9 Å². The molecule has 0 spiro atoms. The van der Waals surface area contributed by atoms with Gasteiger partial charge in [-0.1, -0.05) is 60.8 Å². The van der Waals surface area contributed by atoms with Gasteiger partial charge in [-0.15, -0.1) is 0 Å². The quantitative estimate of drug-likeness (QED) is 0.276. The lowest BCUT2D eigenvalue weighted by Gasteiger charge is -2.20. The molecule has 2 heterocycles. The van der Waals surface area contributed by atoms with E-state index >= 15 is 0 Å². The Labute approximate surface area is 224 Å². The second-order valence-corrected chi connectivity index (χ2v) is 10.3. The van der Waals surface area contributed by atoms with Gasteiger partial charge in [0.25, 0.3) is 5.56 Å². The van der Waals surface area contributed by atoms with Crippen molar-refractivity contribution < 1.29 is 4.79 Å². The number of benzene rings is 2. The Morgan fingerprint density at radius 2 is 1.69 bits per heavy atom. The average molecular weight is 544 g/mol. The maximum Gasteiger partial charge on any atom is 0.257 e. The van der Waals surface area contributed by atoms with Crippen LogP contribution in [-0.2, 0) is 11.3 Å². The predicted octanol–water partition coefficient (Wildman–Crippen LogP) is 6.55. The standard InChI is InChI=1S/C27H25Cl3N4O2/c1-14(2)13-34-26-21(24(15(3)27(34)36)32-12-23(31)35)11-20(16-4-6-17(28)7-5-16)25(33-26)19-9-8-18(29)10-22(19)30/h4-11,14,32H,12-13H2,1-3H3,(H2,31,35). The van der Waals surface area contributed by atoms with Crippen molar-refractivity contribution in [2.45, 2.75) is 27.3 Å². The van der Waals surface area contributed by atoms with E-state index < -0.39 is 5.91 Å². The molecule has 4 rings (SSSR count). The summed E-state index contributed by atoms with van der Waals surface area (Å²) in [7, 11) is 0. The van der Waals surface area contributed by atoms with E-state index in [2.05, 4.69) is 5.32 Å². The topological polar surface area (TPSA) is 90.0 Å². The number of anilines is 1. The number of rotatable bonds is 7. The van der Waals surface area contributed by atoms with E-state index in [9.17, 15) is 9.59 Å². The molecule has 0 fully saturated rings. The van der Waals surface area contributed by atoms with Gasteiger partial charge in [-0.25, -0.2) is 4.98 Å². The molecule has 4 aromatic rings. The van der Waals surface area contributed by atoms with Gasteiger partial charge in [0.1, 0.15) is 5.65 Å². The number of halogens is 3. The lowest BCUT2D eigenvalue weighted by atomic mass is 9.97. The fraction of sp³-hybridized carbons (Fsp3) is 0.222. The minimum atomic E-state index is -0.538. The first kappa shape index (κ1) is 26.0. The summed E-state index contributed by atoms with van der Waals surface area (Å²) in [6.07, 6.45) is 0. The summed E-state index contributed by atoms with van der Waals surface area (Å²) < 4.78 is 1.67. The first-order chi connectivity index (χ1) is 17.1. The molecule has 0 unspecified atom stereocenters. The summed E-state index contributed by atoms with van der Waals surface area (Å²) in [5.74, 6) is -0.348. The highest BCUT2D eigenvalue weighted by molar-refractivity contribution is 6.36. The van der Waals surface area contributed by atoms with Crippen molar-refractivity contribution in [2.24, 2.45) is 11.7 Å². The summed E-state index contributed by atoms with van der Waals surface area (Å²) in [4.78, 5) is 30.0. The zero-order valence-corrected chi connectivity index (χ0v) is 22.3. The van der Waals surface area contributed by atoms with Crippen LogP contribution in [0.5, 0.6) is 0 Å². The van der Waals surface area contributed by atoms with Crippen LogP contribution in [0.4, 0.5) is 5.69 Å². The third-order valence-corrected chi connectivity index (χ3v) is 6.60. The number of hydrogen-bond acceptors (Lipinski definition) is 4. The van der Waals surface area contributed by atoms with Crippen molar-refractivity contribution in [2.75, 3.05) is 11.9 Å². The van der Waals surface area contributed by atoms with Crippen LogP contribution < -0.4 is 16.6 Å². The van der Waals surface area contributed by atoms with Crippen molar-refractivity contribution >= 4 is 57.4 Å². The molecule has 3 N–H and O–H groups in total. The van der Waals surface area contributed by atoms with Crippen molar-refractivity contribution in [3.63, 3.8) is 0 Å². The van der Waals surface area contributed by atoms with Gasteiger partial charge in [-0.3, -0.25) is 14.2 Å². The average Bonchev–Trinajstić information content (AvgIpc) is 2.81. The molecule has 9 heteroatoms. The van der Waals surface area contributed by atoms with Gasteiger partial charge in [-0.05, 0) is 54.8 Å².